The Labute approximate surface area is 133 Å². The molecule has 120 valence electrons. The topological polar surface area (TPSA) is 67.4 Å². The van der Waals surface area contributed by atoms with Gasteiger partial charge < -0.3 is 4.74 Å². The van der Waals surface area contributed by atoms with Gasteiger partial charge >= 0.3 is 0 Å². The number of nitrogens with one attached hydrogen (secondary N) is 2. The molecule has 2 aromatic carbocycles. The Morgan fingerprint density at radius 3 is 2.39 bits per heavy atom. The zero-order valence-corrected chi connectivity index (χ0v) is 12.6. The number of carbonyl (C=O) groups excluding carboxylic acids is 2. The van der Waals surface area contributed by atoms with E-state index in [1.807, 2.05) is 30.3 Å². The van der Waals surface area contributed by atoms with Crippen LogP contribution in [0.25, 0.3) is 0 Å². The number of benzene rings is 2. The van der Waals surface area contributed by atoms with Crippen molar-refractivity contribution in [1.29, 1.82) is 0 Å². The van der Waals surface area contributed by atoms with Gasteiger partial charge in [-0.2, -0.15) is 0 Å². The molecule has 0 radical (unpaired) electrons. The van der Waals surface area contributed by atoms with E-state index in [-0.39, 0.29) is 18.1 Å². The van der Waals surface area contributed by atoms with Gasteiger partial charge in [-0.05, 0) is 24.6 Å². The lowest BCUT2D eigenvalue weighted by Gasteiger charge is -2.15. The number of para-hydroxylation sites is 1. The second-order valence-electron chi connectivity index (χ2n) is 4.89. The molecule has 0 spiro atoms. The maximum atomic E-state index is 13.4. The van der Waals surface area contributed by atoms with Gasteiger partial charge in [-0.3, -0.25) is 20.4 Å². The summed E-state index contributed by atoms with van der Waals surface area (Å²) in [6.45, 7) is 1.46. The first-order valence-electron chi connectivity index (χ1n) is 7.10. The van der Waals surface area contributed by atoms with E-state index in [2.05, 4.69) is 10.9 Å². The van der Waals surface area contributed by atoms with Crippen LogP contribution in [0.5, 0.6) is 5.75 Å². The Morgan fingerprint density at radius 2 is 1.70 bits per heavy atom. The van der Waals surface area contributed by atoms with Crippen molar-refractivity contribution < 1.29 is 18.7 Å². The first kappa shape index (κ1) is 16.5. The largest absolute Gasteiger partial charge is 0.478 e. The lowest BCUT2D eigenvalue weighted by molar-refractivity contribution is -0.132. The third-order valence-corrected chi connectivity index (χ3v) is 3.04. The Morgan fingerprint density at radius 1 is 1.04 bits per heavy atom. The summed E-state index contributed by atoms with van der Waals surface area (Å²) in [6, 6.07) is 14.9. The van der Waals surface area contributed by atoms with Crippen LogP contribution in [0.15, 0.2) is 54.6 Å². The minimum Gasteiger partial charge on any atom is -0.478 e. The number of hydrogen-bond donors (Lipinski definition) is 2. The predicted molar refractivity (Wildman–Crippen MR) is 82.9 cm³/mol. The minimum absolute atomic E-state index is 0.0224. The molecule has 2 amide bonds. The van der Waals surface area contributed by atoms with E-state index in [0.717, 1.165) is 5.56 Å². The molecule has 0 saturated heterocycles. The molecule has 2 N–H and O–H groups in total. The zero-order valence-electron chi connectivity index (χ0n) is 12.6. The molecule has 1 atom stereocenters. The highest BCUT2D eigenvalue weighted by Gasteiger charge is 2.17. The molecule has 0 aliphatic rings. The number of halogens is 1. The van der Waals surface area contributed by atoms with Gasteiger partial charge in [-0.15, -0.1) is 0 Å². The van der Waals surface area contributed by atoms with E-state index in [0.29, 0.717) is 0 Å². The van der Waals surface area contributed by atoms with Gasteiger partial charge in [0.05, 0.1) is 6.42 Å². The van der Waals surface area contributed by atoms with Crippen LogP contribution in [0.4, 0.5) is 4.39 Å². The highest BCUT2D eigenvalue weighted by Crippen LogP contribution is 2.16. The average Bonchev–Trinajstić information content (AvgIpc) is 2.55. The molecular weight excluding hydrogens is 299 g/mol. The molecule has 0 saturated carbocycles. The van der Waals surface area contributed by atoms with Gasteiger partial charge in [-0.25, -0.2) is 4.39 Å². The number of rotatable bonds is 5. The number of amides is 2. The van der Waals surface area contributed by atoms with Crippen LogP contribution in [0.2, 0.25) is 0 Å². The van der Waals surface area contributed by atoms with E-state index >= 15 is 0 Å². The molecule has 0 bridgehead atoms. The van der Waals surface area contributed by atoms with Crippen LogP contribution in [-0.2, 0) is 16.0 Å². The normalized spacial score (nSPS) is 11.4. The van der Waals surface area contributed by atoms with E-state index in [1.54, 1.807) is 6.07 Å². The fraction of sp³-hybridized carbons (Fsp3) is 0.176. The van der Waals surface area contributed by atoms with E-state index < -0.39 is 17.8 Å². The summed E-state index contributed by atoms with van der Waals surface area (Å²) in [6.07, 6.45) is -0.812. The second-order valence-corrected chi connectivity index (χ2v) is 4.89. The standard InChI is InChI=1S/C17H17FN2O3/c1-12(23-15-10-6-5-9-14(15)18)17(22)20-19-16(21)11-13-7-3-2-4-8-13/h2-10,12H,11H2,1H3,(H,19,21)(H,20,22)/t12-/m1/s1. The van der Waals surface area contributed by atoms with Crippen molar-refractivity contribution in [2.75, 3.05) is 0 Å². The highest BCUT2D eigenvalue weighted by atomic mass is 19.1. The van der Waals surface area contributed by atoms with Crippen molar-refractivity contribution in [3.8, 4) is 5.75 Å². The second kappa shape index (κ2) is 7.93. The van der Waals surface area contributed by atoms with Gasteiger partial charge in [0.1, 0.15) is 0 Å². The van der Waals surface area contributed by atoms with Gasteiger partial charge in [0, 0.05) is 0 Å². The Kier molecular flexibility index (Phi) is 5.68. The number of ether oxygens (including phenoxy) is 1. The van der Waals surface area contributed by atoms with E-state index in [9.17, 15) is 14.0 Å². The van der Waals surface area contributed by atoms with Crippen LogP contribution in [0.3, 0.4) is 0 Å². The van der Waals surface area contributed by atoms with Crippen molar-refractivity contribution in [2.45, 2.75) is 19.4 Å². The quantitative estimate of drug-likeness (QED) is 0.829. The van der Waals surface area contributed by atoms with E-state index in [1.165, 1.54) is 25.1 Å². The minimum atomic E-state index is -0.955. The van der Waals surface area contributed by atoms with Crippen LogP contribution in [0, 0.1) is 5.82 Å². The third kappa shape index (κ3) is 5.10. The SMILES string of the molecule is C[C@@H](Oc1ccccc1F)C(=O)NNC(=O)Cc1ccccc1. The summed E-state index contributed by atoms with van der Waals surface area (Å²) in [7, 11) is 0. The van der Waals surface area contributed by atoms with Gasteiger partial charge in [-0.1, -0.05) is 42.5 Å². The molecule has 23 heavy (non-hydrogen) atoms. The van der Waals surface area contributed by atoms with Crippen molar-refractivity contribution in [3.63, 3.8) is 0 Å². The first-order chi connectivity index (χ1) is 11.1. The van der Waals surface area contributed by atoms with E-state index in [4.69, 9.17) is 4.74 Å². The predicted octanol–water partition coefficient (Wildman–Crippen LogP) is 1.98. The van der Waals surface area contributed by atoms with Gasteiger partial charge in [0.25, 0.3) is 5.91 Å². The maximum absolute atomic E-state index is 13.4. The van der Waals surface area contributed by atoms with Crippen molar-refractivity contribution >= 4 is 11.8 Å². The summed E-state index contributed by atoms with van der Waals surface area (Å²) >= 11 is 0. The maximum Gasteiger partial charge on any atom is 0.279 e. The Balaban J connectivity index is 1.80. The fourth-order valence-corrected chi connectivity index (χ4v) is 1.84. The zero-order chi connectivity index (χ0) is 16.7. The molecule has 6 heteroatoms. The smallest absolute Gasteiger partial charge is 0.279 e. The van der Waals surface area contributed by atoms with Crippen molar-refractivity contribution in [2.24, 2.45) is 0 Å². The number of hydrazine groups is 1. The molecule has 0 aromatic heterocycles. The molecule has 0 unspecified atom stereocenters. The molecule has 0 fully saturated rings. The van der Waals surface area contributed by atoms with Crippen molar-refractivity contribution in [1.82, 2.24) is 10.9 Å². The molecule has 0 aliphatic carbocycles. The third-order valence-electron chi connectivity index (χ3n) is 3.04. The van der Waals surface area contributed by atoms with Gasteiger partial charge in [0.2, 0.25) is 5.91 Å². The monoisotopic (exact) mass is 316 g/mol. The summed E-state index contributed by atoms with van der Waals surface area (Å²) in [5.41, 5.74) is 5.38. The molecule has 5 nitrogen and oxygen atoms in total. The summed E-state index contributed by atoms with van der Waals surface area (Å²) in [5, 5.41) is 0. The first-order valence-corrected chi connectivity index (χ1v) is 7.10. The number of carbonyl (C=O) groups is 2. The van der Waals surface area contributed by atoms with Crippen LogP contribution >= 0.6 is 0 Å². The molecule has 2 rings (SSSR count). The van der Waals surface area contributed by atoms with Crippen LogP contribution < -0.4 is 15.6 Å². The summed E-state index contributed by atoms with van der Waals surface area (Å²) in [5.74, 6) is -1.51. The number of hydrogen-bond acceptors (Lipinski definition) is 3. The summed E-state index contributed by atoms with van der Waals surface area (Å²) in [4.78, 5) is 23.6. The fourth-order valence-electron chi connectivity index (χ4n) is 1.84. The lowest BCUT2D eigenvalue weighted by Crippen LogP contribution is -2.47. The van der Waals surface area contributed by atoms with Crippen LogP contribution in [0.1, 0.15) is 12.5 Å². The molecule has 0 heterocycles. The highest BCUT2D eigenvalue weighted by molar-refractivity contribution is 5.85. The molecule has 0 aliphatic heterocycles. The summed E-state index contributed by atoms with van der Waals surface area (Å²) < 4.78 is 18.7. The van der Waals surface area contributed by atoms with Gasteiger partial charge in [0.15, 0.2) is 17.7 Å². The lowest BCUT2D eigenvalue weighted by atomic mass is 10.1. The van der Waals surface area contributed by atoms with Crippen LogP contribution in [-0.4, -0.2) is 17.9 Å². The molecule has 2 aromatic rings. The Hall–Kier alpha value is -2.89. The average molecular weight is 316 g/mol. The Bertz CT molecular complexity index is 677. The molecular formula is C17H17FN2O3. The van der Waals surface area contributed by atoms with Crippen molar-refractivity contribution in [3.05, 3.63) is 66.0 Å².